The van der Waals surface area contributed by atoms with Gasteiger partial charge in [0.05, 0.1) is 19.0 Å². The quantitative estimate of drug-likeness (QED) is 0.303. The van der Waals surface area contributed by atoms with Crippen molar-refractivity contribution in [1.29, 1.82) is 5.41 Å². The first-order valence-corrected chi connectivity index (χ1v) is 10.8. The second-order valence-electron chi connectivity index (χ2n) is 7.95. The third-order valence-electron chi connectivity index (χ3n) is 5.41. The highest BCUT2D eigenvalue weighted by Gasteiger charge is 2.29. The maximum absolute atomic E-state index is 13.0. The summed E-state index contributed by atoms with van der Waals surface area (Å²) in [5.74, 6) is -2.38. The molecule has 2 rings (SSSR count). The Bertz CT molecular complexity index is 968. The lowest BCUT2D eigenvalue weighted by Crippen LogP contribution is -2.49. The molecule has 12 nitrogen and oxygen atoms in total. The summed E-state index contributed by atoms with van der Waals surface area (Å²) in [5.41, 5.74) is -0.954. The van der Waals surface area contributed by atoms with E-state index >= 15 is 0 Å². The smallest absolute Gasteiger partial charge is 0.305 e. The van der Waals surface area contributed by atoms with Gasteiger partial charge in [-0.2, -0.15) is 0 Å². The number of carboxylic acids is 1. The van der Waals surface area contributed by atoms with Crippen molar-refractivity contribution in [3.8, 4) is 0 Å². The average Bonchev–Trinajstić information content (AvgIpc) is 3.26. The normalized spacial score (nSPS) is 15.5. The molecule has 2 atom stereocenters. The Labute approximate surface area is 191 Å². The Morgan fingerprint density at radius 2 is 1.97 bits per heavy atom. The lowest BCUT2D eigenvalue weighted by Gasteiger charge is -2.24. The summed E-state index contributed by atoms with van der Waals surface area (Å²) in [7, 11) is 0. The SMILES string of the molecule is CC[C@@H](C(=O)NC(CC(=O)O)C(=O)CN1CCCC1)n1ccnc(NCC(=[N-])C(C)=N)c1=O. The molecule has 1 aromatic heterocycles. The molecule has 1 amide bonds. The number of anilines is 1. The number of likely N-dealkylation sites (tertiary alicyclic amines) is 1. The number of carbonyl (C=O) groups is 3. The van der Waals surface area contributed by atoms with E-state index in [9.17, 15) is 29.7 Å². The Morgan fingerprint density at radius 1 is 1.30 bits per heavy atom. The van der Waals surface area contributed by atoms with E-state index in [1.165, 1.54) is 19.3 Å². The van der Waals surface area contributed by atoms with Gasteiger partial charge in [-0.3, -0.25) is 28.6 Å². The van der Waals surface area contributed by atoms with E-state index in [0.29, 0.717) is 0 Å². The zero-order valence-corrected chi connectivity index (χ0v) is 18.8. The number of nitrogens with one attached hydrogen (secondary N) is 3. The molecule has 0 spiro atoms. The molecule has 1 aliphatic heterocycles. The van der Waals surface area contributed by atoms with Crippen LogP contribution in [0.25, 0.3) is 5.41 Å². The highest BCUT2D eigenvalue weighted by Crippen LogP contribution is 2.12. The lowest BCUT2D eigenvalue weighted by atomic mass is 10.1. The highest BCUT2D eigenvalue weighted by atomic mass is 16.4. The minimum Gasteiger partial charge on any atom is -0.805 e. The summed E-state index contributed by atoms with van der Waals surface area (Å²) in [6.07, 6.45) is 4.22. The minimum absolute atomic E-state index is 0.0602. The van der Waals surface area contributed by atoms with Crippen molar-refractivity contribution in [2.45, 2.75) is 51.6 Å². The van der Waals surface area contributed by atoms with Gasteiger partial charge >= 0.3 is 5.97 Å². The molecule has 0 radical (unpaired) electrons. The van der Waals surface area contributed by atoms with Crippen LogP contribution in [0.5, 0.6) is 0 Å². The van der Waals surface area contributed by atoms with Crippen LogP contribution >= 0.6 is 0 Å². The highest BCUT2D eigenvalue weighted by molar-refractivity contribution is 6.42. The number of ketones is 1. The van der Waals surface area contributed by atoms with E-state index in [1.807, 2.05) is 4.90 Å². The summed E-state index contributed by atoms with van der Waals surface area (Å²) >= 11 is 0. The van der Waals surface area contributed by atoms with Gasteiger partial charge in [0, 0.05) is 24.7 Å². The van der Waals surface area contributed by atoms with Gasteiger partial charge < -0.3 is 26.6 Å². The topological polar surface area (TPSA) is 180 Å². The maximum Gasteiger partial charge on any atom is 0.305 e. The van der Waals surface area contributed by atoms with Crippen molar-refractivity contribution in [1.82, 2.24) is 19.8 Å². The second kappa shape index (κ2) is 12.0. The van der Waals surface area contributed by atoms with Crippen molar-refractivity contribution in [3.05, 3.63) is 28.2 Å². The van der Waals surface area contributed by atoms with E-state index in [4.69, 9.17) is 5.41 Å². The Morgan fingerprint density at radius 3 is 2.55 bits per heavy atom. The van der Waals surface area contributed by atoms with E-state index in [1.54, 1.807) is 6.92 Å². The summed E-state index contributed by atoms with van der Waals surface area (Å²) in [6.45, 7) is 4.46. The van der Waals surface area contributed by atoms with Crippen molar-refractivity contribution in [2.24, 2.45) is 0 Å². The standard InChI is InChI=1S/C21H30N7O5/c1-3-16(28-9-6-24-19(21(28)33)25-11-14(23)13(2)22)20(32)26-15(10-18(30)31)17(29)12-27-7-4-5-8-27/h6,9,15-16,22H,3-5,7-8,10-12H2,1-2H3,(H,24,25)(H,26,32)(H,30,31)/q-1/t15?,16-/m0/s1. The summed E-state index contributed by atoms with van der Waals surface area (Å²) in [5, 5.41) is 31.4. The number of amides is 1. The molecule has 2 heterocycles. The first kappa shape index (κ1) is 25.8. The van der Waals surface area contributed by atoms with Gasteiger partial charge in [0.1, 0.15) is 6.04 Å². The molecule has 4 N–H and O–H groups in total. The molecule has 1 unspecified atom stereocenters. The average molecular weight is 461 g/mol. The minimum atomic E-state index is -1.21. The van der Waals surface area contributed by atoms with Gasteiger partial charge in [0.25, 0.3) is 5.56 Å². The monoisotopic (exact) mass is 460 g/mol. The molecular formula is C21H30N7O5-. The Kier molecular flexibility index (Phi) is 9.40. The predicted octanol–water partition coefficient (Wildman–Crippen LogP) is 0.281. The summed E-state index contributed by atoms with van der Waals surface area (Å²) in [4.78, 5) is 55.6. The van der Waals surface area contributed by atoms with Crippen LogP contribution < -0.4 is 16.2 Å². The summed E-state index contributed by atoms with van der Waals surface area (Å²) < 4.78 is 1.14. The van der Waals surface area contributed by atoms with Crippen LogP contribution in [-0.4, -0.2) is 80.9 Å². The van der Waals surface area contributed by atoms with Crippen LogP contribution in [0.1, 0.15) is 45.6 Å². The molecule has 1 fully saturated rings. The van der Waals surface area contributed by atoms with E-state index < -0.39 is 35.9 Å². The third kappa shape index (κ3) is 7.31. The molecule has 0 aromatic carbocycles. The van der Waals surface area contributed by atoms with Crippen molar-refractivity contribution < 1.29 is 19.5 Å². The molecule has 33 heavy (non-hydrogen) atoms. The zero-order valence-electron chi connectivity index (χ0n) is 18.8. The number of Topliss-reactive ketones (excluding diaryl/α,β-unsaturated/α-hetero) is 1. The van der Waals surface area contributed by atoms with Crippen LogP contribution in [0.2, 0.25) is 0 Å². The number of hydrogen-bond acceptors (Lipinski definition) is 8. The fraction of sp³-hybridized carbons (Fsp3) is 0.571. The molecule has 1 aliphatic rings. The lowest BCUT2D eigenvalue weighted by molar-refractivity contribution is -0.140. The molecule has 180 valence electrons. The van der Waals surface area contributed by atoms with Crippen molar-refractivity contribution >= 4 is 34.9 Å². The van der Waals surface area contributed by atoms with Gasteiger partial charge in [0.2, 0.25) is 5.91 Å². The number of aromatic nitrogens is 2. The number of hydrogen-bond donors (Lipinski definition) is 4. The Balaban J connectivity index is 2.17. The molecular weight excluding hydrogens is 430 g/mol. The largest absolute Gasteiger partial charge is 0.805 e. The summed E-state index contributed by atoms with van der Waals surface area (Å²) in [6, 6.07) is -2.21. The van der Waals surface area contributed by atoms with Crippen LogP contribution in [0, 0.1) is 5.41 Å². The van der Waals surface area contributed by atoms with Gasteiger partial charge in [-0.25, -0.2) is 4.98 Å². The number of rotatable bonds is 13. The van der Waals surface area contributed by atoms with E-state index in [-0.39, 0.29) is 42.5 Å². The number of carbonyl (C=O) groups excluding carboxylic acids is 2. The molecule has 1 saturated heterocycles. The van der Waals surface area contributed by atoms with Crippen molar-refractivity contribution in [2.75, 3.05) is 31.5 Å². The van der Waals surface area contributed by atoms with Crippen LogP contribution in [0.15, 0.2) is 17.2 Å². The second-order valence-corrected chi connectivity index (χ2v) is 7.95. The molecule has 0 aliphatic carbocycles. The molecule has 0 bridgehead atoms. The van der Waals surface area contributed by atoms with Gasteiger partial charge in [0.15, 0.2) is 11.6 Å². The van der Waals surface area contributed by atoms with Gasteiger partial charge in [-0.15, -0.1) is 5.71 Å². The number of aliphatic carboxylic acids is 1. The zero-order chi connectivity index (χ0) is 24.5. The first-order chi connectivity index (χ1) is 15.6. The van der Waals surface area contributed by atoms with Crippen LogP contribution in [0.4, 0.5) is 5.82 Å². The fourth-order valence-electron chi connectivity index (χ4n) is 3.56. The number of carboxylic acid groups (broad SMARTS) is 1. The first-order valence-electron chi connectivity index (χ1n) is 10.8. The van der Waals surface area contributed by atoms with Crippen LogP contribution in [0.3, 0.4) is 0 Å². The molecule has 1 aromatic rings. The molecule has 12 heteroatoms. The fourth-order valence-corrected chi connectivity index (χ4v) is 3.56. The third-order valence-corrected chi connectivity index (χ3v) is 5.41. The molecule has 0 saturated carbocycles. The number of nitrogens with zero attached hydrogens (tertiary/aromatic N) is 4. The Hall–Kier alpha value is -3.41. The van der Waals surface area contributed by atoms with Gasteiger partial charge in [-0.1, -0.05) is 6.92 Å². The maximum atomic E-state index is 13.0. The predicted molar refractivity (Wildman–Crippen MR) is 123 cm³/mol. The van der Waals surface area contributed by atoms with Crippen LogP contribution in [-0.2, 0) is 14.4 Å². The van der Waals surface area contributed by atoms with E-state index in [0.717, 1.165) is 30.5 Å². The van der Waals surface area contributed by atoms with Crippen molar-refractivity contribution in [3.63, 3.8) is 0 Å². The van der Waals surface area contributed by atoms with Gasteiger partial charge in [-0.05, 0) is 39.3 Å². The van der Waals surface area contributed by atoms with E-state index in [2.05, 4.69) is 15.6 Å².